The number of likely N-dealkylation sites (N-methyl/N-ethyl adjacent to an activating group) is 1. The number of hydrogen-bond acceptors (Lipinski definition) is 2. The molecule has 1 N–H and O–H groups in total. The number of halogens is 2. The molecule has 1 aliphatic heterocycles. The van der Waals surface area contributed by atoms with Crippen molar-refractivity contribution in [3.63, 3.8) is 0 Å². The van der Waals surface area contributed by atoms with Gasteiger partial charge in [0.15, 0.2) is 0 Å². The predicted molar refractivity (Wildman–Crippen MR) is 85.4 cm³/mol. The van der Waals surface area contributed by atoms with E-state index in [9.17, 15) is 4.39 Å². The second-order valence-electron chi connectivity index (χ2n) is 5.77. The summed E-state index contributed by atoms with van der Waals surface area (Å²) in [6, 6.07) is 5.46. The van der Waals surface area contributed by atoms with E-state index in [-0.39, 0.29) is 10.8 Å². The fourth-order valence-electron chi connectivity index (χ4n) is 2.94. The Hall–Kier alpha value is -0.640. The van der Waals surface area contributed by atoms with Crippen LogP contribution in [0.2, 0.25) is 5.02 Å². The minimum Gasteiger partial charge on any atom is -0.378 e. The Balaban J connectivity index is 1.86. The van der Waals surface area contributed by atoms with Crippen molar-refractivity contribution in [2.24, 2.45) is 0 Å². The second-order valence-corrected chi connectivity index (χ2v) is 6.18. The first-order valence-corrected chi connectivity index (χ1v) is 8.35. The molecular weight excluding hydrogens is 289 g/mol. The summed E-state index contributed by atoms with van der Waals surface area (Å²) in [6.45, 7) is 3.93. The van der Waals surface area contributed by atoms with Crippen LogP contribution in [0.5, 0.6) is 0 Å². The van der Waals surface area contributed by atoms with Crippen molar-refractivity contribution in [3.05, 3.63) is 34.6 Å². The van der Waals surface area contributed by atoms with Gasteiger partial charge in [-0.05, 0) is 62.8 Å². The summed E-state index contributed by atoms with van der Waals surface area (Å²) in [5.74, 6) is -0.333. The minimum absolute atomic E-state index is 0.189. The van der Waals surface area contributed by atoms with Gasteiger partial charge < -0.3 is 10.1 Å². The van der Waals surface area contributed by atoms with E-state index in [4.69, 9.17) is 16.3 Å². The van der Waals surface area contributed by atoms with Crippen molar-refractivity contribution in [1.29, 1.82) is 0 Å². The lowest BCUT2D eigenvalue weighted by Crippen LogP contribution is -2.32. The summed E-state index contributed by atoms with van der Waals surface area (Å²) < 4.78 is 19.3. The molecule has 21 heavy (non-hydrogen) atoms. The lowest BCUT2D eigenvalue weighted by molar-refractivity contribution is 0.00860. The van der Waals surface area contributed by atoms with Gasteiger partial charge in [0.25, 0.3) is 0 Å². The summed E-state index contributed by atoms with van der Waals surface area (Å²) in [4.78, 5) is 0. The maximum atomic E-state index is 13.5. The summed E-state index contributed by atoms with van der Waals surface area (Å²) in [6.07, 6.45) is 7.01. The molecule has 0 aliphatic carbocycles. The molecule has 0 aromatic heterocycles. The molecule has 0 saturated carbocycles. The van der Waals surface area contributed by atoms with Gasteiger partial charge in [-0.15, -0.1) is 0 Å². The maximum absolute atomic E-state index is 13.5. The van der Waals surface area contributed by atoms with Crippen LogP contribution in [0.3, 0.4) is 0 Å². The fraction of sp³-hybridized carbons (Fsp3) is 0.647. The molecule has 0 radical (unpaired) electrons. The number of hydrogen-bond donors (Lipinski definition) is 1. The van der Waals surface area contributed by atoms with Crippen molar-refractivity contribution >= 4 is 11.6 Å². The van der Waals surface area contributed by atoms with Crippen molar-refractivity contribution in [2.75, 3.05) is 13.2 Å². The average molecular weight is 314 g/mol. The van der Waals surface area contributed by atoms with Crippen LogP contribution in [0, 0.1) is 5.82 Å². The molecule has 0 bridgehead atoms. The van der Waals surface area contributed by atoms with Crippen LogP contribution in [0.1, 0.15) is 44.6 Å². The molecule has 1 aromatic rings. The van der Waals surface area contributed by atoms with E-state index in [2.05, 4.69) is 12.2 Å². The topological polar surface area (TPSA) is 21.3 Å². The zero-order valence-corrected chi connectivity index (χ0v) is 13.5. The summed E-state index contributed by atoms with van der Waals surface area (Å²) in [5.41, 5.74) is 0.993. The first kappa shape index (κ1) is 16.7. The third kappa shape index (κ3) is 5.57. The standard InChI is InChI=1S/C17H25ClFNO/c1-2-20-14(7-8-15-5-3-4-10-21-15)11-13-6-9-16(18)17(19)12-13/h6,9,12,14-15,20H,2-5,7-8,10-11H2,1H3. The normalized spacial score (nSPS) is 20.4. The first-order chi connectivity index (χ1) is 10.2. The van der Waals surface area contributed by atoms with Crippen LogP contribution < -0.4 is 5.32 Å². The quantitative estimate of drug-likeness (QED) is 0.808. The molecule has 4 heteroatoms. The molecule has 1 fully saturated rings. The summed E-state index contributed by atoms with van der Waals surface area (Å²) in [7, 11) is 0. The lowest BCUT2D eigenvalue weighted by atomic mass is 9.97. The maximum Gasteiger partial charge on any atom is 0.142 e. The highest BCUT2D eigenvalue weighted by molar-refractivity contribution is 6.30. The van der Waals surface area contributed by atoms with E-state index in [0.29, 0.717) is 12.1 Å². The smallest absolute Gasteiger partial charge is 0.142 e. The Labute approximate surface area is 132 Å². The highest BCUT2D eigenvalue weighted by Crippen LogP contribution is 2.20. The average Bonchev–Trinajstić information content (AvgIpc) is 2.50. The van der Waals surface area contributed by atoms with Gasteiger partial charge in [0, 0.05) is 12.6 Å². The van der Waals surface area contributed by atoms with Crippen LogP contribution >= 0.6 is 11.6 Å². The lowest BCUT2D eigenvalue weighted by Gasteiger charge is -2.25. The molecule has 2 rings (SSSR count). The minimum atomic E-state index is -0.333. The van der Waals surface area contributed by atoms with Crippen LogP contribution in [0.4, 0.5) is 4.39 Å². The van der Waals surface area contributed by atoms with E-state index >= 15 is 0 Å². The van der Waals surface area contributed by atoms with Crippen molar-refractivity contribution in [3.8, 4) is 0 Å². The highest BCUT2D eigenvalue weighted by atomic mass is 35.5. The van der Waals surface area contributed by atoms with Crippen molar-refractivity contribution in [2.45, 2.75) is 57.6 Å². The molecule has 0 spiro atoms. The van der Waals surface area contributed by atoms with Gasteiger partial charge in [0.2, 0.25) is 0 Å². The zero-order chi connectivity index (χ0) is 15.1. The molecule has 2 atom stereocenters. The fourth-order valence-corrected chi connectivity index (χ4v) is 3.06. The number of benzene rings is 1. The summed E-state index contributed by atoms with van der Waals surface area (Å²) in [5, 5.41) is 3.68. The van der Waals surface area contributed by atoms with Gasteiger partial charge in [-0.2, -0.15) is 0 Å². The largest absolute Gasteiger partial charge is 0.378 e. The van der Waals surface area contributed by atoms with Gasteiger partial charge in [-0.25, -0.2) is 4.39 Å². The number of nitrogens with one attached hydrogen (secondary N) is 1. The van der Waals surface area contributed by atoms with E-state index in [0.717, 1.165) is 38.0 Å². The highest BCUT2D eigenvalue weighted by Gasteiger charge is 2.17. The van der Waals surface area contributed by atoms with Crippen molar-refractivity contribution in [1.82, 2.24) is 5.32 Å². The first-order valence-electron chi connectivity index (χ1n) is 7.98. The van der Waals surface area contributed by atoms with Gasteiger partial charge in [-0.1, -0.05) is 24.6 Å². The van der Waals surface area contributed by atoms with Crippen LogP contribution in [0.15, 0.2) is 18.2 Å². The number of ether oxygens (including phenoxy) is 1. The second kappa shape index (κ2) is 8.72. The molecule has 2 nitrogen and oxygen atoms in total. The Kier molecular flexibility index (Phi) is 6.94. The van der Waals surface area contributed by atoms with Crippen LogP contribution in [-0.2, 0) is 11.2 Å². The van der Waals surface area contributed by atoms with Gasteiger partial charge >= 0.3 is 0 Å². The molecule has 1 heterocycles. The Morgan fingerprint density at radius 2 is 2.29 bits per heavy atom. The van der Waals surface area contributed by atoms with Gasteiger partial charge in [0.05, 0.1) is 11.1 Å². The molecule has 0 amide bonds. The molecule has 2 unspecified atom stereocenters. The molecule has 118 valence electrons. The molecule has 1 aromatic carbocycles. The molecular formula is C17H25ClFNO. The molecule has 1 saturated heterocycles. The third-order valence-electron chi connectivity index (χ3n) is 4.07. The van der Waals surface area contributed by atoms with E-state index < -0.39 is 0 Å². The Bertz CT molecular complexity index is 435. The summed E-state index contributed by atoms with van der Waals surface area (Å²) >= 11 is 5.73. The van der Waals surface area contributed by atoms with Crippen LogP contribution in [-0.4, -0.2) is 25.3 Å². The monoisotopic (exact) mass is 313 g/mol. The third-order valence-corrected chi connectivity index (χ3v) is 4.38. The van der Waals surface area contributed by atoms with Gasteiger partial charge in [0.1, 0.15) is 5.82 Å². The van der Waals surface area contributed by atoms with E-state index in [1.165, 1.54) is 19.3 Å². The predicted octanol–water partition coefficient (Wildman–Crippen LogP) is 4.35. The molecule has 1 aliphatic rings. The van der Waals surface area contributed by atoms with E-state index in [1.807, 2.05) is 6.07 Å². The Morgan fingerprint density at radius 1 is 1.43 bits per heavy atom. The van der Waals surface area contributed by atoms with Crippen LogP contribution in [0.25, 0.3) is 0 Å². The van der Waals surface area contributed by atoms with Gasteiger partial charge in [-0.3, -0.25) is 0 Å². The SMILES string of the molecule is CCNC(CCC1CCCCO1)Cc1ccc(Cl)c(F)c1. The van der Waals surface area contributed by atoms with E-state index in [1.54, 1.807) is 12.1 Å². The number of rotatable bonds is 7. The zero-order valence-electron chi connectivity index (χ0n) is 12.7. The van der Waals surface area contributed by atoms with Crippen molar-refractivity contribution < 1.29 is 9.13 Å². The Morgan fingerprint density at radius 3 is 2.95 bits per heavy atom.